The Morgan fingerprint density at radius 1 is 1.00 bits per heavy atom. The molecule has 0 bridgehead atoms. The summed E-state index contributed by atoms with van der Waals surface area (Å²) in [7, 11) is 3.21. The molecule has 1 atom stereocenters. The van der Waals surface area contributed by atoms with E-state index in [0.717, 1.165) is 39.2 Å². The van der Waals surface area contributed by atoms with Crippen LogP contribution in [-0.2, 0) is 17.8 Å². The zero-order chi connectivity index (χ0) is 22.9. The first-order chi connectivity index (χ1) is 16.1. The molecule has 0 spiro atoms. The van der Waals surface area contributed by atoms with Crippen molar-refractivity contribution in [2.45, 2.75) is 25.9 Å². The fraction of sp³-hybridized carbons (Fsp3) is 0.231. The molecule has 2 aliphatic rings. The molecule has 0 fully saturated rings. The van der Waals surface area contributed by atoms with Gasteiger partial charge in [-0.05, 0) is 53.9 Å². The van der Waals surface area contributed by atoms with Crippen LogP contribution in [0.5, 0.6) is 11.5 Å². The van der Waals surface area contributed by atoms with Crippen molar-refractivity contribution in [2.75, 3.05) is 14.2 Å². The number of carbonyl (C=O) groups excluding carboxylic acids is 1. The maximum absolute atomic E-state index is 13.0. The van der Waals surface area contributed by atoms with Gasteiger partial charge in [0.05, 0.1) is 38.2 Å². The second-order valence-electron chi connectivity index (χ2n) is 8.12. The van der Waals surface area contributed by atoms with E-state index in [0.29, 0.717) is 30.2 Å². The lowest BCUT2D eigenvalue weighted by Gasteiger charge is -2.16. The Bertz CT molecular complexity index is 1280. The van der Waals surface area contributed by atoms with E-state index in [9.17, 15) is 4.79 Å². The number of pyridine rings is 1. The van der Waals surface area contributed by atoms with Gasteiger partial charge in [-0.25, -0.2) is 4.99 Å². The maximum atomic E-state index is 13.0. The summed E-state index contributed by atoms with van der Waals surface area (Å²) in [4.78, 5) is 26.5. The van der Waals surface area contributed by atoms with Gasteiger partial charge in [0.2, 0.25) is 0 Å². The van der Waals surface area contributed by atoms with E-state index in [-0.39, 0.29) is 11.9 Å². The number of amides is 1. The summed E-state index contributed by atoms with van der Waals surface area (Å²) >= 11 is 0. The summed E-state index contributed by atoms with van der Waals surface area (Å²) in [6, 6.07) is 13.4. The van der Waals surface area contributed by atoms with Crippen LogP contribution in [0.3, 0.4) is 0 Å². The van der Waals surface area contributed by atoms with Crippen LogP contribution in [0, 0.1) is 0 Å². The summed E-state index contributed by atoms with van der Waals surface area (Å²) in [5.41, 5.74) is 7.51. The van der Waals surface area contributed by atoms with Gasteiger partial charge in [-0.1, -0.05) is 6.07 Å². The molecule has 1 amide bonds. The van der Waals surface area contributed by atoms with Crippen molar-refractivity contribution in [3.05, 3.63) is 82.7 Å². The van der Waals surface area contributed by atoms with Crippen LogP contribution >= 0.6 is 0 Å². The minimum atomic E-state index is -0.233. The molecule has 3 heterocycles. The van der Waals surface area contributed by atoms with Crippen molar-refractivity contribution >= 4 is 23.0 Å². The fourth-order valence-electron chi connectivity index (χ4n) is 4.23. The van der Waals surface area contributed by atoms with Crippen molar-refractivity contribution in [3.8, 4) is 11.5 Å². The highest BCUT2D eigenvalue weighted by atomic mass is 16.5. The molecule has 0 unspecified atom stereocenters. The molecule has 2 aliphatic heterocycles. The van der Waals surface area contributed by atoms with E-state index in [1.165, 1.54) is 0 Å². The van der Waals surface area contributed by atoms with Crippen molar-refractivity contribution in [3.63, 3.8) is 0 Å². The van der Waals surface area contributed by atoms with E-state index in [4.69, 9.17) is 14.5 Å². The van der Waals surface area contributed by atoms with E-state index in [2.05, 4.69) is 21.4 Å². The van der Waals surface area contributed by atoms with Crippen LogP contribution in [0.1, 0.15) is 40.8 Å². The predicted octanol–water partition coefficient (Wildman–Crippen LogP) is 3.96. The molecule has 5 rings (SSSR count). The Hall–Kier alpha value is -4.00. The van der Waals surface area contributed by atoms with E-state index in [1.54, 1.807) is 32.7 Å². The number of nitrogens with one attached hydrogen (secondary N) is 1. The molecular weight excluding hydrogens is 416 g/mol. The van der Waals surface area contributed by atoms with Crippen LogP contribution < -0.4 is 14.8 Å². The highest BCUT2D eigenvalue weighted by Crippen LogP contribution is 2.34. The molecule has 1 N–H and O–H groups in total. The number of hydrogen-bond acceptors (Lipinski definition) is 6. The number of methoxy groups -OCH3 is 2. The van der Waals surface area contributed by atoms with Crippen LogP contribution in [0.25, 0.3) is 0 Å². The summed E-state index contributed by atoms with van der Waals surface area (Å²) in [5.74, 6) is 1.18. The quantitative estimate of drug-likeness (QED) is 0.629. The van der Waals surface area contributed by atoms with Gasteiger partial charge >= 0.3 is 0 Å². The zero-order valence-electron chi connectivity index (χ0n) is 18.8. The van der Waals surface area contributed by atoms with Crippen molar-refractivity contribution in [1.29, 1.82) is 0 Å². The number of aliphatic imine (C=N–C) groups is 2. The number of fused-ring (bicyclic) bond motifs is 2. The SMILES string of the molecule is COc1cc(OC)cc([C@@H](C)NC(=O)C2=Nc3cc4c(cc3C2)CN=C4c2ccncc2)c1. The fourth-order valence-corrected chi connectivity index (χ4v) is 4.23. The minimum Gasteiger partial charge on any atom is -0.497 e. The largest absolute Gasteiger partial charge is 0.497 e. The lowest BCUT2D eigenvalue weighted by atomic mass is 9.97. The lowest BCUT2D eigenvalue weighted by molar-refractivity contribution is -0.115. The minimum absolute atomic E-state index is 0.177. The molecule has 0 radical (unpaired) electrons. The van der Waals surface area contributed by atoms with Gasteiger partial charge in [0.25, 0.3) is 5.91 Å². The Kier molecular flexibility index (Phi) is 5.38. The molecule has 7 nitrogen and oxygen atoms in total. The molecule has 3 aromatic rings. The van der Waals surface area contributed by atoms with Gasteiger partial charge in [0.1, 0.15) is 17.2 Å². The molecule has 0 aliphatic carbocycles. The van der Waals surface area contributed by atoms with E-state index < -0.39 is 0 Å². The molecule has 1 aromatic heterocycles. The Balaban J connectivity index is 1.35. The first-order valence-corrected chi connectivity index (χ1v) is 10.8. The highest BCUT2D eigenvalue weighted by Gasteiger charge is 2.26. The summed E-state index contributed by atoms with van der Waals surface area (Å²) in [5, 5.41) is 3.06. The normalized spacial score (nSPS) is 14.6. The second-order valence-corrected chi connectivity index (χ2v) is 8.12. The number of nitrogens with zero attached hydrogens (tertiary/aromatic N) is 3. The standard InChI is InChI=1S/C26H24N4O3/c1-15(17-9-20(32-2)12-21(10-17)33-3)29-26(31)24-11-18-8-19-14-28-25(16-4-6-27-7-5-16)22(19)13-23(18)30-24/h4-10,12-13,15H,11,14H2,1-3H3,(H,29,31)/t15-/m1/s1. The molecule has 0 saturated heterocycles. The van der Waals surface area contributed by atoms with Gasteiger partial charge in [-0.3, -0.25) is 14.8 Å². The summed E-state index contributed by atoms with van der Waals surface area (Å²) < 4.78 is 10.7. The average molecular weight is 441 g/mol. The predicted molar refractivity (Wildman–Crippen MR) is 127 cm³/mol. The smallest absolute Gasteiger partial charge is 0.266 e. The third-order valence-corrected chi connectivity index (χ3v) is 6.02. The van der Waals surface area contributed by atoms with Gasteiger partial charge in [-0.2, -0.15) is 0 Å². The lowest BCUT2D eigenvalue weighted by Crippen LogP contribution is -2.33. The van der Waals surface area contributed by atoms with Gasteiger partial charge in [0, 0.05) is 36.0 Å². The number of aromatic nitrogens is 1. The summed E-state index contributed by atoms with van der Waals surface area (Å²) in [6.07, 6.45) is 4.04. The number of carbonyl (C=O) groups is 1. The van der Waals surface area contributed by atoms with Gasteiger partial charge < -0.3 is 14.8 Å². The van der Waals surface area contributed by atoms with Crippen LogP contribution in [0.15, 0.2) is 64.8 Å². The molecule has 7 heteroatoms. The second kappa shape index (κ2) is 8.50. The molecule has 2 aromatic carbocycles. The van der Waals surface area contributed by atoms with Crippen LogP contribution in [0.4, 0.5) is 5.69 Å². The molecule has 33 heavy (non-hydrogen) atoms. The van der Waals surface area contributed by atoms with Crippen molar-refractivity contribution in [2.24, 2.45) is 9.98 Å². The topological polar surface area (TPSA) is 85.2 Å². The Labute approximate surface area is 192 Å². The average Bonchev–Trinajstić information content (AvgIpc) is 3.46. The van der Waals surface area contributed by atoms with Crippen molar-refractivity contribution < 1.29 is 14.3 Å². The highest BCUT2D eigenvalue weighted by molar-refractivity contribution is 6.41. The number of ether oxygens (including phenoxy) is 2. The number of hydrogen-bond donors (Lipinski definition) is 1. The van der Waals surface area contributed by atoms with Gasteiger partial charge in [0.15, 0.2) is 0 Å². The number of rotatable bonds is 6. The van der Waals surface area contributed by atoms with E-state index >= 15 is 0 Å². The third kappa shape index (κ3) is 3.98. The molecular formula is C26H24N4O3. The van der Waals surface area contributed by atoms with Crippen molar-refractivity contribution in [1.82, 2.24) is 10.3 Å². The van der Waals surface area contributed by atoms with Crippen LogP contribution in [-0.4, -0.2) is 36.5 Å². The maximum Gasteiger partial charge on any atom is 0.266 e. The monoisotopic (exact) mass is 440 g/mol. The molecule has 166 valence electrons. The summed E-state index contributed by atoms with van der Waals surface area (Å²) in [6.45, 7) is 2.57. The Morgan fingerprint density at radius 3 is 2.42 bits per heavy atom. The third-order valence-electron chi connectivity index (χ3n) is 6.02. The molecule has 0 saturated carbocycles. The first-order valence-electron chi connectivity index (χ1n) is 10.8. The first kappa shape index (κ1) is 20.9. The van der Waals surface area contributed by atoms with Crippen LogP contribution in [0.2, 0.25) is 0 Å². The van der Waals surface area contributed by atoms with E-state index in [1.807, 2.05) is 37.3 Å². The zero-order valence-corrected chi connectivity index (χ0v) is 18.8. The van der Waals surface area contributed by atoms with Gasteiger partial charge in [-0.15, -0.1) is 0 Å². The number of benzene rings is 2. The Morgan fingerprint density at radius 2 is 1.73 bits per heavy atom.